The Morgan fingerprint density at radius 3 is 2.47 bits per heavy atom. The molecule has 0 saturated carbocycles. The minimum atomic E-state index is -1.22. The molecule has 3 rings (SSSR count). The summed E-state index contributed by atoms with van der Waals surface area (Å²) in [6.45, 7) is -0.111. The summed E-state index contributed by atoms with van der Waals surface area (Å²) in [7, 11) is 0. The summed E-state index contributed by atoms with van der Waals surface area (Å²) in [4.78, 5) is 66.2. The van der Waals surface area contributed by atoms with Gasteiger partial charge in [0.1, 0.15) is 18.1 Å². The van der Waals surface area contributed by atoms with Crippen LogP contribution in [0.2, 0.25) is 0 Å². The first-order chi connectivity index (χ1) is 18.2. The van der Waals surface area contributed by atoms with E-state index in [1.165, 1.54) is 4.90 Å². The molecule has 14 heteroatoms. The smallest absolute Gasteiger partial charge is 0.327 e. The van der Waals surface area contributed by atoms with Crippen molar-refractivity contribution < 1.29 is 29.1 Å². The lowest BCUT2D eigenvalue weighted by Gasteiger charge is -2.26. The van der Waals surface area contributed by atoms with Gasteiger partial charge in [0.15, 0.2) is 0 Å². The summed E-state index contributed by atoms with van der Waals surface area (Å²) in [6.07, 6.45) is 2.97. The first-order valence-electron chi connectivity index (χ1n) is 12.1. The number of amides is 4. The first-order valence-corrected chi connectivity index (χ1v) is 13.4. The zero-order chi connectivity index (χ0) is 27.8. The van der Waals surface area contributed by atoms with Crippen LogP contribution in [0.4, 0.5) is 0 Å². The minimum absolute atomic E-state index is 0.0272. The van der Waals surface area contributed by atoms with E-state index in [1.807, 2.05) is 24.3 Å². The zero-order valence-electron chi connectivity index (χ0n) is 20.6. The van der Waals surface area contributed by atoms with Gasteiger partial charge in [-0.15, -0.1) is 0 Å². The molecule has 38 heavy (non-hydrogen) atoms. The number of benzene rings is 1. The molecule has 2 aromatic rings. The Balaban J connectivity index is 1.51. The number of nitrogens with two attached hydrogens (primary N) is 1. The second-order valence-corrected chi connectivity index (χ2v) is 9.69. The normalized spacial score (nSPS) is 17.4. The topological polar surface area (TPSA) is 187 Å². The number of fused-ring (bicyclic) bond motifs is 1. The van der Waals surface area contributed by atoms with Gasteiger partial charge in [-0.1, -0.05) is 18.2 Å². The van der Waals surface area contributed by atoms with E-state index in [2.05, 4.69) is 46.2 Å². The van der Waals surface area contributed by atoms with Crippen molar-refractivity contribution in [1.82, 2.24) is 25.8 Å². The first kappa shape index (κ1) is 29.3. The number of para-hydroxylation sites is 1. The largest absolute Gasteiger partial charge is 0.480 e. The number of carboxylic acid groups (broad SMARTS) is 1. The highest BCUT2D eigenvalue weighted by atomic mass is 32.1. The zero-order valence-corrected chi connectivity index (χ0v) is 22.3. The molecule has 206 valence electrons. The fraction of sp³-hybridized carbons (Fsp3) is 0.458. The Hall–Kier alpha value is -3.23. The number of aromatic nitrogens is 1. The number of aliphatic carboxylic acids is 1. The molecule has 1 aliphatic rings. The van der Waals surface area contributed by atoms with E-state index < -0.39 is 60.3 Å². The molecule has 4 atom stereocenters. The van der Waals surface area contributed by atoms with Crippen LogP contribution in [0.15, 0.2) is 30.5 Å². The molecule has 0 radical (unpaired) electrons. The van der Waals surface area contributed by atoms with Gasteiger partial charge >= 0.3 is 5.97 Å². The van der Waals surface area contributed by atoms with Crippen LogP contribution in [-0.4, -0.2) is 93.4 Å². The minimum Gasteiger partial charge on any atom is -0.480 e. The molecule has 1 fully saturated rings. The van der Waals surface area contributed by atoms with E-state index in [1.54, 1.807) is 6.20 Å². The van der Waals surface area contributed by atoms with Crippen LogP contribution in [0.3, 0.4) is 0 Å². The molecular formula is C24H32N6O6S2. The van der Waals surface area contributed by atoms with Crippen molar-refractivity contribution in [3.8, 4) is 0 Å². The van der Waals surface area contributed by atoms with Gasteiger partial charge in [-0.25, -0.2) is 4.79 Å². The lowest BCUT2D eigenvalue weighted by Crippen LogP contribution is -2.55. The Labute approximate surface area is 230 Å². The van der Waals surface area contributed by atoms with Gasteiger partial charge in [0, 0.05) is 35.2 Å². The third kappa shape index (κ3) is 7.20. The Morgan fingerprint density at radius 1 is 1.08 bits per heavy atom. The number of carbonyl (C=O) groups is 5. The van der Waals surface area contributed by atoms with Crippen LogP contribution in [0.1, 0.15) is 18.4 Å². The van der Waals surface area contributed by atoms with Gasteiger partial charge in [-0.05, 0) is 30.9 Å². The number of thiol groups is 2. The summed E-state index contributed by atoms with van der Waals surface area (Å²) < 4.78 is 0. The maximum atomic E-state index is 12.8. The van der Waals surface area contributed by atoms with Gasteiger partial charge in [0.05, 0.1) is 12.6 Å². The second-order valence-electron chi connectivity index (χ2n) is 8.96. The highest BCUT2D eigenvalue weighted by molar-refractivity contribution is 7.80. The average Bonchev–Trinajstić information content (AvgIpc) is 3.56. The van der Waals surface area contributed by atoms with Crippen LogP contribution in [-0.2, 0) is 30.4 Å². The van der Waals surface area contributed by atoms with Crippen molar-refractivity contribution in [3.05, 3.63) is 36.0 Å². The molecule has 1 aliphatic heterocycles. The molecule has 12 nitrogen and oxygen atoms in total. The van der Waals surface area contributed by atoms with Gasteiger partial charge in [-0.2, -0.15) is 25.3 Å². The van der Waals surface area contributed by atoms with Crippen LogP contribution in [0, 0.1) is 0 Å². The van der Waals surface area contributed by atoms with Crippen molar-refractivity contribution >= 4 is 65.8 Å². The molecule has 4 amide bonds. The molecule has 7 N–H and O–H groups in total. The van der Waals surface area contributed by atoms with Crippen LogP contribution < -0.4 is 21.7 Å². The van der Waals surface area contributed by atoms with E-state index in [0.717, 1.165) is 16.5 Å². The summed E-state index contributed by atoms with van der Waals surface area (Å²) in [6, 6.07) is 3.66. The highest BCUT2D eigenvalue weighted by Crippen LogP contribution is 2.19. The number of nitrogens with one attached hydrogen (secondary N) is 4. The molecule has 1 aromatic heterocycles. The maximum absolute atomic E-state index is 12.8. The van der Waals surface area contributed by atoms with E-state index >= 15 is 0 Å². The lowest BCUT2D eigenvalue weighted by atomic mass is 10.0. The second kappa shape index (κ2) is 13.5. The number of aromatic amines is 1. The SMILES string of the molecule is NC(Cc1c[nH]c2ccccc12)C(=O)NC(CS)C(=O)NCC(=O)N1CCCC1C(=O)NC(CS)C(=O)O. The number of H-pyrrole nitrogens is 1. The Morgan fingerprint density at radius 2 is 1.79 bits per heavy atom. The third-order valence-electron chi connectivity index (χ3n) is 6.35. The van der Waals surface area contributed by atoms with Crippen LogP contribution in [0.25, 0.3) is 10.9 Å². The fourth-order valence-electron chi connectivity index (χ4n) is 4.28. The van der Waals surface area contributed by atoms with Crippen molar-refractivity contribution in [2.45, 2.75) is 43.4 Å². The van der Waals surface area contributed by atoms with E-state index in [9.17, 15) is 24.0 Å². The number of carbonyl (C=O) groups excluding carboxylic acids is 4. The number of hydrogen-bond donors (Lipinski definition) is 8. The van der Waals surface area contributed by atoms with Gasteiger partial charge < -0.3 is 36.7 Å². The van der Waals surface area contributed by atoms with Gasteiger partial charge in [-0.3, -0.25) is 19.2 Å². The number of nitrogens with zero attached hydrogens (tertiary/aromatic N) is 1. The quantitative estimate of drug-likeness (QED) is 0.153. The highest BCUT2D eigenvalue weighted by Gasteiger charge is 2.36. The number of hydrogen-bond acceptors (Lipinski definition) is 8. The monoisotopic (exact) mass is 564 g/mol. The molecule has 4 unspecified atom stereocenters. The Kier molecular flexibility index (Phi) is 10.4. The molecule has 2 heterocycles. The van der Waals surface area contributed by atoms with Crippen molar-refractivity contribution in [2.24, 2.45) is 5.73 Å². The van der Waals surface area contributed by atoms with Gasteiger partial charge in [0.2, 0.25) is 23.6 Å². The molecule has 1 aromatic carbocycles. The van der Waals surface area contributed by atoms with Gasteiger partial charge in [0.25, 0.3) is 0 Å². The van der Waals surface area contributed by atoms with Crippen molar-refractivity contribution in [2.75, 3.05) is 24.6 Å². The summed E-state index contributed by atoms with van der Waals surface area (Å²) in [5.74, 6) is -3.60. The van der Waals surface area contributed by atoms with Crippen molar-refractivity contribution in [3.63, 3.8) is 0 Å². The predicted molar refractivity (Wildman–Crippen MR) is 147 cm³/mol. The number of rotatable bonds is 12. The molecule has 0 aliphatic carbocycles. The molecular weight excluding hydrogens is 532 g/mol. The molecule has 0 bridgehead atoms. The summed E-state index contributed by atoms with van der Waals surface area (Å²) >= 11 is 8.06. The maximum Gasteiger partial charge on any atom is 0.327 e. The van der Waals surface area contributed by atoms with Crippen molar-refractivity contribution in [1.29, 1.82) is 0 Å². The Bertz CT molecular complexity index is 1190. The average molecular weight is 565 g/mol. The standard InChI is InChI=1S/C24H32N6O6S2/c25-15(8-13-9-26-16-5-2-1-4-14(13)16)21(32)28-17(11-37)22(33)27-10-20(31)30-7-3-6-19(30)23(34)29-18(12-38)24(35)36/h1-2,4-5,9,15,17-19,26,37-38H,3,6-8,10-12,25H2,(H,27,33)(H,28,32)(H,29,34)(H,35,36). The third-order valence-corrected chi connectivity index (χ3v) is 7.08. The molecule has 0 spiro atoms. The van der Waals surface area contributed by atoms with E-state index in [-0.39, 0.29) is 17.9 Å². The van der Waals surface area contributed by atoms with Crippen LogP contribution in [0.5, 0.6) is 0 Å². The fourth-order valence-corrected chi connectivity index (χ4v) is 4.79. The molecule has 1 saturated heterocycles. The van der Waals surface area contributed by atoms with E-state index in [0.29, 0.717) is 19.4 Å². The number of carboxylic acids is 1. The lowest BCUT2D eigenvalue weighted by molar-refractivity contribution is -0.143. The van der Waals surface area contributed by atoms with E-state index in [4.69, 9.17) is 10.8 Å². The predicted octanol–water partition coefficient (Wildman–Crippen LogP) is -0.941. The van der Waals surface area contributed by atoms with Crippen LogP contribution >= 0.6 is 25.3 Å². The number of likely N-dealkylation sites (tertiary alicyclic amines) is 1. The summed E-state index contributed by atoms with van der Waals surface area (Å²) in [5, 5.41) is 17.5. The summed E-state index contributed by atoms with van der Waals surface area (Å²) in [5.41, 5.74) is 7.89.